The van der Waals surface area contributed by atoms with Gasteiger partial charge in [-0.3, -0.25) is 10.1 Å². The van der Waals surface area contributed by atoms with Crippen LogP contribution in [0.3, 0.4) is 0 Å². The number of hydrogen-bond donors (Lipinski definition) is 2. The molecule has 120 valence electrons. The molecule has 0 radical (unpaired) electrons. The van der Waals surface area contributed by atoms with Gasteiger partial charge in [0, 0.05) is 18.2 Å². The lowest BCUT2D eigenvalue weighted by molar-refractivity contribution is -0.385. The smallest absolute Gasteiger partial charge is 0.272 e. The highest BCUT2D eigenvalue weighted by Gasteiger charge is 2.37. The van der Waals surface area contributed by atoms with Gasteiger partial charge in [0.1, 0.15) is 5.82 Å². The summed E-state index contributed by atoms with van der Waals surface area (Å²) in [6, 6.07) is 11.5. The van der Waals surface area contributed by atoms with Gasteiger partial charge < -0.3 is 10.4 Å². The van der Waals surface area contributed by atoms with E-state index in [1.54, 1.807) is 0 Å². The predicted molar refractivity (Wildman–Crippen MR) is 83.4 cm³/mol. The van der Waals surface area contributed by atoms with E-state index in [1.165, 1.54) is 17.7 Å². The number of non-ortho nitro benzene ring substituents is 1. The van der Waals surface area contributed by atoms with Gasteiger partial charge in [0.25, 0.3) is 5.69 Å². The Bertz CT molecular complexity index is 750. The number of aliphatic hydroxyl groups is 1. The number of hydrogen-bond acceptors (Lipinski definition) is 4. The highest BCUT2D eigenvalue weighted by Crippen LogP contribution is 2.36. The first kappa shape index (κ1) is 15.6. The number of benzene rings is 2. The second-order valence-corrected chi connectivity index (χ2v) is 5.78. The second kappa shape index (κ2) is 6.06. The Balaban J connectivity index is 1.81. The minimum atomic E-state index is -0.622. The molecule has 2 N–H and O–H groups in total. The van der Waals surface area contributed by atoms with E-state index < -0.39 is 16.3 Å². The molecule has 0 heterocycles. The van der Waals surface area contributed by atoms with Crippen molar-refractivity contribution in [3.63, 3.8) is 0 Å². The molecule has 0 amide bonds. The van der Waals surface area contributed by atoms with Crippen molar-refractivity contribution in [3.05, 3.63) is 75.1 Å². The lowest BCUT2D eigenvalue weighted by Crippen LogP contribution is -2.43. The van der Waals surface area contributed by atoms with Gasteiger partial charge in [-0.2, -0.15) is 0 Å². The molecule has 0 saturated heterocycles. The van der Waals surface area contributed by atoms with Crippen molar-refractivity contribution in [1.82, 2.24) is 5.32 Å². The zero-order chi connectivity index (χ0) is 16.4. The number of aliphatic hydroxyl groups excluding tert-OH is 1. The number of fused-ring (bicyclic) bond motifs is 1. The molecule has 2 aromatic carbocycles. The van der Waals surface area contributed by atoms with Crippen molar-refractivity contribution in [1.29, 1.82) is 0 Å². The van der Waals surface area contributed by atoms with Crippen molar-refractivity contribution in [2.75, 3.05) is 6.61 Å². The largest absolute Gasteiger partial charge is 0.394 e. The van der Waals surface area contributed by atoms with E-state index in [2.05, 4.69) is 5.32 Å². The number of halogens is 1. The molecule has 6 heteroatoms. The van der Waals surface area contributed by atoms with Gasteiger partial charge in [-0.25, -0.2) is 4.39 Å². The highest BCUT2D eigenvalue weighted by atomic mass is 19.1. The second-order valence-electron chi connectivity index (χ2n) is 5.78. The molecular formula is C17H17FN2O3. The lowest BCUT2D eigenvalue weighted by Gasteiger charge is -2.30. The topological polar surface area (TPSA) is 75.4 Å². The maximum Gasteiger partial charge on any atom is 0.272 e. The molecule has 0 saturated carbocycles. The monoisotopic (exact) mass is 316 g/mol. The van der Waals surface area contributed by atoms with Crippen LogP contribution in [0.25, 0.3) is 0 Å². The molecule has 23 heavy (non-hydrogen) atoms. The Morgan fingerprint density at radius 2 is 2.09 bits per heavy atom. The van der Waals surface area contributed by atoms with Gasteiger partial charge in [0.15, 0.2) is 0 Å². The quantitative estimate of drug-likeness (QED) is 0.657. The summed E-state index contributed by atoms with van der Waals surface area (Å²) in [6.45, 7) is 0.108. The van der Waals surface area contributed by atoms with E-state index in [-0.39, 0.29) is 18.8 Å². The molecule has 0 spiro atoms. The first-order chi connectivity index (χ1) is 11.1. The van der Waals surface area contributed by atoms with E-state index in [0.717, 1.165) is 24.5 Å². The number of nitro groups is 1. The standard InChI is InChI=1S/C17H17FN2O3/c18-16-9-14(20(22)23)6-5-13(16)10-19-17(11-21)8-7-12-3-1-2-4-15(12)17/h1-6,9,19,21H,7-8,10-11H2. The Morgan fingerprint density at radius 1 is 1.30 bits per heavy atom. The Labute approximate surface area is 132 Å². The average molecular weight is 316 g/mol. The lowest BCUT2D eigenvalue weighted by atomic mass is 9.92. The van der Waals surface area contributed by atoms with E-state index in [9.17, 15) is 19.6 Å². The van der Waals surface area contributed by atoms with Gasteiger partial charge in [-0.15, -0.1) is 0 Å². The maximum atomic E-state index is 14.0. The van der Waals surface area contributed by atoms with E-state index in [1.807, 2.05) is 24.3 Å². The molecular weight excluding hydrogens is 299 g/mol. The fourth-order valence-corrected chi connectivity index (χ4v) is 3.15. The Kier molecular flexibility index (Phi) is 4.11. The number of nitrogens with zero attached hydrogens (tertiary/aromatic N) is 1. The molecule has 0 fully saturated rings. The van der Waals surface area contributed by atoms with Crippen molar-refractivity contribution < 1.29 is 14.4 Å². The fourth-order valence-electron chi connectivity index (χ4n) is 3.15. The van der Waals surface area contributed by atoms with E-state index >= 15 is 0 Å². The summed E-state index contributed by atoms with van der Waals surface area (Å²) in [6.07, 6.45) is 1.59. The Morgan fingerprint density at radius 3 is 2.78 bits per heavy atom. The molecule has 5 nitrogen and oxygen atoms in total. The van der Waals surface area contributed by atoms with Crippen LogP contribution in [0.2, 0.25) is 0 Å². The van der Waals surface area contributed by atoms with Gasteiger partial charge in [0.2, 0.25) is 0 Å². The summed E-state index contributed by atoms with van der Waals surface area (Å²) in [7, 11) is 0. The number of nitro benzene ring substituents is 1. The summed E-state index contributed by atoms with van der Waals surface area (Å²) in [5.41, 5.74) is 1.69. The summed E-state index contributed by atoms with van der Waals surface area (Å²) < 4.78 is 14.0. The summed E-state index contributed by atoms with van der Waals surface area (Å²) in [5, 5.41) is 23.8. The number of rotatable bonds is 5. The third-order valence-corrected chi connectivity index (χ3v) is 4.49. The van der Waals surface area contributed by atoms with Crippen molar-refractivity contribution >= 4 is 5.69 Å². The molecule has 0 bridgehead atoms. The number of aryl methyl sites for hydroxylation is 1. The van der Waals surface area contributed by atoms with Crippen molar-refractivity contribution in [3.8, 4) is 0 Å². The van der Waals surface area contributed by atoms with Crippen molar-refractivity contribution in [2.45, 2.75) is 24.9 Å². The van der Waals surface area contributed by atoms with Gasteiger partial charge in [0.05, 0.1) is 23.1 Å². The van der Waals surface area contributed by atoms with Crippen LogP contribution in [0.4, 0.5) is 10.1 Å². The summed E-state index contributed by atoms with van der Waals surface area (Å²) in [5.74, 6) is -0.619. The van der Waals surface area contributed by atoms with Gasteiger partial charge >= 0.3 is 0 Å². The summed E-state index contributed by atoms with van der Waals surface area (Å²) in [4.78, 5) is 10.0. The molecule has 2 aromatic rings. The minimum absolute atomic E-state index is 0.0847. The van der Waals surface area contributed by atoms with E-state index in [4.69, 9.17) is 0 Å². The van der Waals surface area contributed by atoms with E-state index in [0.29, 0.717) is 5.56 Å². The van der Waals surface area contributed by atoms with Crippen LogP contribution in [0.15, 0.2) is 42.5 Å². The van der Waals surface area contributed by atoms with Crippen molar-refractivity contribution in [2.24, 2.45) is 0 Å². The molecule has 0 aliphatic heterocycles. The molecule has 3 rings (SSSR count). The van der Waals surface area contributed by atoms with Crippen LogP contribution >= 0.6 is 0 Å². The first-order valence-corrected chi connectivity index (χ1v) is 7.43. The third-order valence-electron chi connectivity index (χ3n) is 4.49. The van der Waals surface area contributed by atoms with Gasteiger partial charge in [-0.05, 0) is 30.0 Å². The molecule has 1 aliphatic carbocycles. The highest BCUT2D eigenvalue weighted by molar-refractivity contribution is 5.39. The first-order valence-electron chi connectivity index (χ1n) is 7.43. The van der Waals surface area contributed by atoms with Crippen LogP contribution in [0, 0.1) is 15.9 Å². The molecule has 0 aromatic heterocycles. The van der Waals surface area contributed by atoms with Crippen LogP contribution in [0.1, 0.15) is 23.1 Å². The molecule has 1 aliphatic rings. The minimum Gasteiger partial charge on any atom is -0.394 e. The average Bonchev–Trinajstić information content (AvgIpc) is 2.93. The predicted octanol–water partition coefficient (Wildman–Crippen LogP) is 2.66. The SMILES string of the molecule is O=[N+]([O-])c1ccc(CNC2(CO)CCc3ccccc32)c(F)c1. The summed E-state index contributed by atoms with van der Waals surface area (Å²) >= 11 is 0. The van der Waals surface area contributed by atoms with Crippen LogP contribution in [-0.2, 0) is 18.5 Å². The molecule has 1 atom stereocenters. The normalized spacial score (nSPS) is 19.6. The number of nitrogens with one attached hydrogen (secondary N) is 1. The third kappa shape index (κ3) is 2.83. The fraction of sp³-hybridized carbons (Fsp3) is 0.294. The zero-order valence-corrected chi connectivity index (χ0v) is 12.5. The zero-order valence-electron chi connectivity index (χ0n) is 12.5. The molecule has 1 unspecified atom stereocenters. The van der Waals surface area contributed by atoms with Crippen LogP contribution < -0.4 is 5.32 Å². The Hall–Kier alpha value is -2.31. The maximum absolute atomic E-state index is 14.0. The van der Waals surface area contributed by atoms with Crippen LogP contribution in [0.5, 0.6) is 0 Å². The van der Waals surface area contributed by atoms with Gasteiger partial charge in [-0.1, -0.05) is 24.3 Å². The van der Waals surface area contributed by atoms with Crippen LogP contribution in [-0.4, -0.2) is 16.6 Å².